The number of anilines is 2. The Kier molecular flexibility index (Phi) is 6.40. The molecule has 0 bridgehead atoms. The lowest BCUT2D eigenvalue weighted by atomic mass is 10.0. The number of hydrogen-bond donors (Lipinski definition) is 2. The van der Waals surface area contributed by atoms with E-state index in [9.17, 15) is 4.79 Å². The fraction of sp³-hybridized carbons (Fsp3) is 0.348. The lowest BCUT2D eigenvalue weighted by Crippen LogP contribution is -2.44. The Balaban J connectivity index is 1.30. The van der Waals surface area contributed by atoms with Gasteiger partial charge in [0.1, 0.15) is 10.7 Å². The molecule has 0 atom stereocenters. The molecular weight excluding hydrogens is 394 g/mol. The van der Waals surface area contributed by atoms with E-state index in [-0.39, 0.29) is 11.9 Å². The average molecular weight is 422 g/mol. The molecule has 6 nitrogen and oxygen atoms in total. The van der Waals surface area contributed by atoms with E-state index < -0.39 is 0 Å². The zero-order chi connectivity index (χ0) is 20.9. The van der Waals surface area contributed by atoms with E-state index in [1.165, 1.54) is 16.9 Å². The van der Waals surface area contributed by atoms with Crippen LogP contribution < -0.4 is 10.6 Å². The van der Waals surface area contributed by atoms with E-state index in [0.717, 1.165) is 49.7 Å². The molecule has 0 unspecified atom stereocenters. The smallest absolute Gasteiger partial charge is 0.263 e. The zero-order valence-electron chi connectivity index (χ0n) is 17.4. The molecule has 2 N–H and O–H groups in total. The van der Waals surface area contributed by atoms with Gasteiger partial charge in [-0.25, -0.2) is 9.97 Å². The van der Waals surface area contributed by atoms with Gasteiger partial charge in [0.05, 0.1) is 5.69 Å². The van der Waals surface area contributed by atoms with Gasteiger partial charge >= 0.3 is 0 Å². The van der Waals surface area contributed by atoms with E-state index in [4.69, 9.17) is 0 Å². The molecule has 3 heterocycles. The quantitative estimate of drug-likeness (QED) is 0.621. The first kappa shape index (κ1) is 20.5. The Morgan fingerprint density at radius 1 is 1.07 bits per heavy atom. The molecule has 0 aliphatic carbocycles. The van der Waals surface area contributed by atoms with Crippen LogP contribution in [0.2, 0.25) is 0 Å². The normalized spacial score (nSPS) is 15.1. The lowest BCUT2D eigenvalue weighted by molar-refractivity contribution is 0.0912. The van der Waals surface area contributed by atoms with Gasteiger partial charge in [0, 0.05) is 31.4 Å². The average Bonchev–Trinajstić information content (AvgIpc) is 3.10. The van der Waals surface area contributed by atoms with Crippen LogP contribution in [0.25, 0.3) is 0 Å². The molecule has 156 valence electrons. The second-order valence-electron chi connectivity index (χ2n) is 7.73. The molecule has 1 aliphatic rings. The molecule has 0 radical (unpaired) electrons. The molecule has 1 fully saturated rings. The number of nitrogens with one attached hydrogen (secondary N) is 2. The molecule has 1 saturated heterocycles. The van der Waals surface area contributed by atoms with Gasteiger partial charge in [0.2, 0.25) is 0 Å². The van der Waals surface area contributed by atoms with Crippen molar-refractivity contribution in [1.82, 2.24) is 20.2 Å². The molecule has 2 aromatic heterocycles. The fourth-order valence-corrected chi connectivity index (χ4v) is 4.59. The van der Waals surface area contributed by atoms with Gasteiger partial charge < -0.3 is 10.6 Å². The number of carbonyl (C=O) groups excluding carboxylic acids is 1. The second-order valence-corrected chi connectivity index (χ2v) is 8.73. The number of thiazole rings is 1. The fourth-order valence-electron chi connectivity index (χ4n) is 3.71. The largest absolute Gasteiger partial charge is 0.348 e. The van der Waals surface area contributed by atoms with Crippen LogP contribution >= 0.6 is 11.3 Å². The number of amides is 1. The summed E-state index contributed by atoms with van der Waals surface area (Å²) in [4.78, 5) is 24.9. The summed E-state index contributed by atoms with van der Waals surface area (Å²) in [5.41, 5.74) is 3.02. The monoisotopic (exact) mass is 421 g/mol. The minimum absolute atomic E-state index is 0.0308. The molecule has 1 amide bonds. The molecule has 1 aromatic carbocycles. The van der Waals surface area contributed by atoms with Crippen molar-refractivity contribution >= 4 is 28.2 Å². The van der Waals surface area contributed by atoms with Crippen LogP contribution in [0.3, 0.4) is 0 Å². The summed E-state index contributed by atoms with van der Waals surface area (Å²) in [5, 5.41) is 7.10. The van der Waals surface area contributed by atoms with Crippen molar-refractivity contribution in [2.75, 3.05) is 18.4 Å². The zero-order valence-corrected chi connectivity index (χ0v) is 18.2. The summed E-state index contributed by atoms with van der Waals surface area (Å²) in [6.45, 7) is 6.78. The minimum atomic E-state index is -0.0308. The first-order valence-corrected chi connectivity index (χ1v) is 11.1. The van der Waals surface area contributed by atoms with Crippen molar-refractivity contribution in [3.8, 4) is 0 Å². The summed E-state index contributed by atoms with van der Waals surface area (Å²) >= 11 is 1.37. The Morgan fingerprint density at radius 2 is 1.83 bits per heavy atom. The molecule has 3 aromatic rings. The SMILES string of the molecule is Cc1cccc(Nc2nc(C)c(C(=O)NC3CCN(Cc4ccccc4)CC3)s2)n1. The highest BCUT2D eigenvalue weighted by atomic mass is 32.1. The van der Waals surface area contributed by atoms with Crippen molar-refractivity contribution < 1.29 is 4.79 Å². The van der Waals surface area contributed by atoms with Gasteiger partial charge in [0.15, 0.2) is 5.13 Å². The maximum Gasteiger partial charge on any atom is 0.263 e. The molecule has 7 heteroatoms. The summed E-state index contributed by atoms with van der Waals surface area (Å²) in [5.74, 6) is 0.707. The Morgan fingerprint density at radius 3 is 2.57 bits per heavy atom. The number of aryl methyl sites for hydroxylation is 2. The number of likely N-dealkylation sites (tertiary alicyclic amines) is 1. The van der Waals surface area contributed by atoms with E-state index in [1.54, 1.807) is 0 Å². The molecule has 30 heavy (non-hydrogen) atoms. The highest BCUT2D eigenvalue weighted by Gasteiger charge is 2.23. The number of aromatic nitrogens is 2. The Labute approximate surface area is 181 Å². The Hall–Kier alpha value is -2.77. The van der Waals surface area contributed by atoms with Crippen LogP contribution in [0.5, 0.6) is 0 Å². The third kappa shape index (κ3) is 5.23. The van der Waals surface area contributed by atoms with E-state index in [1.807, 2.05) is 38.1 Å². The number of benzene rings is 1. The standard InChI is InChI=1S/C23H27N5OS/c1-16-7-6-10-20(24-16)27-23-25-17(2)21(30-23)22(29)26-19-11-13-28(14-12-19)15-18-8-4-3-5-9-18/h3-10,19H,11-15H2,1-2H3,(H,26,29)(H,24,25,27). The number of carbonyl (C=O) groups is 1. The number of hydrogen-bond acceptors (Lipinski definition) is 6. The summed E-state index contributed by atoms with van der Waals surface area (Å²) in [7, 11) is 0. The van der Waals surface area contributed by atoms with Crippen LogP contribution in [0.1, 0.15) is 39.5 Å². The van der Waals surface area contributed by atoms with Crippen molar-refractivity contribution in [3.05, 3.63) is 70.4 Å². The first-order valence-electron chi connectivity index (χ1n) is 10.3. The molecule has 4 rings (SSSR count). The van der Waals surface area contributed by atoms with E-state index in [0.29, 0.717) is 10.0 Å². The first-order chi connectivity index (χ1) is 14.6. The minimum Gasteiger partial charge on any atom is -0.348 e. The van der Waals surface area contributed by atoms with Gasteiger partial charge in [-0.15, -0.1) is 0 Å². The van der Waals surface area contributed by atoms with Crippen LogP contribution in [-0.2, 0) is 6.54 Å². The predicted molar refractivity (Wildman–Crippen MR) is 121 cm³/mol. The number of pyridine rings is 1. The van der Waals surface area contributed by atoms with Gasteiger partial charge in [-0.2, -0.15) is 0 Å². The molecule has 0 saturated carbocycles. The number of nitrogens with zero attached hydrogens (tertiary/aromatic N) is 3. The summed E-state index contributed by atoms with van der Waals surface area (Å²) in [6, 6.07) is 16.5. The van der Waals surface area contributed by atoms with Crippen molar-refractivity contribution in [3.63, 3.8) is 0 Å². The van der Waals surface area contributed by atoms with Crippen LogP contribution in [0, 0.1) is 13.8 Å². The van der Waals surface area contributed by atoms with Crippen LogP contribution in [0.15, 0.2) is 48.5 Å². The third-order valence-electron chi connectivity index (χ3n) is 5.30. The summed E-state index contributed by atoms with van der Waals surface area (Å²) < 4.78 is 0. The maximum atomic E-state index is 12.8. The van der Waals surface area contributed by atoms with Gasteiger partial charge in [-0.1, -0.05) is 47.7 Å². The van der Waals surface area contributed by atoms with E-state index >= 15 is 0 Å². The lowest BCUT2D eigenvalue weighted by Gasteiger charge is -2.32. The van der Waals surface area contributed by atoms with Crippen molar-refractivity contribution in [2.45, 2.75) is 39.3 Å². The van der Waals surface area contributed by atoms with E-state index in [2.05, 4.69) is 49.8 Å². The number of piperidine rings is 1. The highest BCUT2D eigenvalue weighted by molar-refractivity contribution is 7.17. The second kappa shape index (κ2) is 9.36. The maximum absolute atomic E-state index is 12.8. The molecule has 0 spiro atoms. The third-order valence-corrected chi connectivity index (χ3v) is 6.37. The summed E-state index contributed by atoms with van der Waals surface area (Å²) in [6.07, 6.45) is 1.93. The van der Waals surface area contributed by atoms with Crippen molar-refractivity contribution in [2.24, 2.45) is 0 Å². The highest BCUT2D eigenvalue weighted by Crippen LogP contribution is 2.25. The van der Waals surface area contributed by atoms with Gasteiger partial charge in [-0.3, -0.25) is 9.69 Å². The van der Waals surface area contributed by atoms with Gasteiger partial charge in [0.25, 0.3) is 5.91 Å². The number of rotatable bonds is 6. The van der Waals surface area contributed by atoms with Crippen LogP contribution in [0.4, 0.5) is 10.9 Å². The van der Waals surface area contributed by atoms with Crippen molar-refractivity contribution in [1.29, 1.82) is 0 Å². The Bertz CT molecular complexity index is 996. The van der Waals surface area contributed by atoms with Crippen LogP contribution in [-0.4, -0.2) is 39.9 Å². The topological polar surface area (TPSA) is 70.2 Å². The molecular formula is C23H27N5OS. The molecule has 1 aliphatic heterocycles. The van der Waals surface area contributed by atoms with Gasteiger partial charge in [-0.05, 0) is 44.4 Å². The predicted octanol–water partition coefficient (Wildman–Crippen LogP) is 4.29.